The summed E-state index contributed by atoms with van der Waals surface area (Å²) in [6.45, 7) is 2.42. The Hall–Kier alpha value is -2.87. The molecule has 1 N–H and O–H groups in total. The Morgan fingerprint density at radius 3 is 2.41 bits per heavy atom. The van der Waals surface area contributed by atoms with Crippen molar-refractivity contribution < 1.29 is 17.9 Å². The first kappa shape index (κ1) is 23.8. The first-order valence-electron chi connectivity index (χ1n) is 9.89. The van der Waals surface area contributed by atoms with Crippen molar-refractivity contribution in [3.63, 3.8) is 0 Å². The summed E-state index contributed by atoms with van der Waals surface area (Å²) < 4.78 is 31.4. The number of hydrogen-bond donors (Lipinski definition) is 1. The second-order valence-electron chi connectivity index (χ2n) is 7.48. The predicted molar refractivity (Wildman–Crippen MR) is 129 cm³/mol. The van der Waals surface area contributed by atoms with E-state index >= 15 is 0 Å². The summed E-state index contributed by atoms with van der Waals surface area (Å²) in [6.07, 6.45) is 1.16. The van der Waals surface area contributed by atoms with Crippen LogP contribution >= 0.6 is 11.6 Å². The smallest absolute Gasteiger partial charge is 0.255 e. The molecule has 0 aliphatic rings. The van der Waals surface area contributed by atoms with E-state index in [9.17, 15) is 13.2 Å². The van der Waals surface area contributed by atoms with E-state index < -0.39 is 10.0 Å². The van der Waals surface area contributed by atoms with Gasteiger partial charge in [0.25, 0.3) is 5.91 Å². The van der Waals surface area contributed by atoms with Gasteiger partial charge in [-0.05, 0) is 60.0 Å². The Kier molecular flexibility index (Phi) is 7.56. The van der Waals surface area contributed by atoms with Gasteiger partial charge in [-0.3, -0.25) is 9.10 Å². The number of ether oxygens (including phenoxy) is 1. The summed E-state index contributed by atoms with van der Waals surface area (Å²) in [4.78, 5) is 12.6. The van der Waals surface area contributed by atoms with Gasteiger partial charge >= 0.3 is 0 Å². The molecule has 32 heavy (non-hydrogen) atoms. The molecule has 0 atom stereocenters. The number of sulfonamides is 1. The lowest BCUT2D eigenvalue weighted by Gasteiger charge is -2.24. The number of benzene rings is 3. The molecule has 0 aromatic heterocycles. The van der Waals surface area contributed by atoms with Crippen LogP contribution in [0.5, 0.6) is 0 Å². The van der Waals surface area contributed by atoms with E-state index in [1.807, 2.05) is 31.2 Å². The summed E-state index contributed by atoms with van der Waals surface area (Å²) >= 11 is 6.09. The summed E-state index contributed by atoms with van der Waals surface area (Å²) in [5, 5.41) is 3.32. The van der Waals surface area contributed by atoms with E-state index in [2.05, 4.69) is 5.32 Å². The second-order valence-corrected chi connectivity index (χ2v) is 9.83. The number of hydrogen-bond acceptors (Lipinski definition) is 4. The van der Waals surface area contributed by atoms with Crippen LogP contribution in [0.15, 0.2) is 66.7 Å². The van der Waals surface area contributed by atoms with Crippen molar-refractivity contribution in [2.75, 3.05) is 23.0 Å². The molecule has 3 rings (SSSR count). The maximum Gasteiger partial charge on any atom is 0.255 e. The van der Waals surface area contributed by atoms with Crippen molar-refractivity contribution >= 4 is 38.9 Å². The van der Waals surface area contributed by atoms with Crippen molar-refractivity contribution in [3.8, 4) is 0 Å². The molecule has 0 heterocycles. The summed E-state index contributed by atoms with van der Waals surface area (Å²) in [7, 11) is -1.93. The number of rotatable bonds is 8. The van der Waals surface area contributed by atoms with Crippen LogP contribution in [0.3, 0.4) is 0 Å². The van der Waals surface area contributed by atoms with E-state index in [1.54, 1.807) is 49.6 Å². The quantitative estimate of drug-likeness (QED) is 0.499. The van der Waals surface area contributed by atoms with Gasteiger partial charge in [-0.25, -0.2) is 8.42 Å². The lowest BCUT2D eigenvalue weighted by atomic mass is 10.1. The van der Waals surface area contributed by atoms with Gasteiger partial charge in [-0.15, -0.1) is 0 Å². The Morgan fingerprint density at radius 1 is 1.03 bits per heavy atom. The van der Waals surface area contributed by atoms with Gasteiger partial charge < -0.3 is 10.1 Å². The molecule has 168 valence electrons. The highest BCUT2D eigenvalue weighted by Crippen LogP contribution is 2.28. The monoisotopic (exact) mass is 472 g/mol. The minimum atomic E-state index is -3.55. The van der Waals surface area contributed by atoms with Gasteiger partial charge in [0.2, 0.25) is 10.0 Å². The second kappa shape index (κ2) is 10.2. The van der Waals surface area contributed by atoms with E-state index in [0.717, 1.165) is 22.9 Å². The van der Waals surface area contributed by atoms with Gasteiger partial charge in [0.05, 0.1) is 25.1 Å². The zero-order valence-corrected chi connectivity index (χ0v) is 19.7. The molecule has 0 aliphatic carbocycles. The number of carbonyl (C=O) groups is 1. The molecule has 0 bridgehead atoms. The molecular weight excluding hydrogens is 448 g/mol. The van der Waals surface area contributed by atoms with Gasteiger partial charge in [0.1, 0.15) is 0 Å². The Balaban J connectivity index is 1.77. The number of aryl methyl sites for hydroxylation is 1. The van der Waals surface area contributed by atoms with Crippen LogP contribution in [0.4, 0.5) is 11.4 Å². The molecule has 0 saturated carbocycles. The molecule has 0 saturated heterocycles. The van der Waals surface area contributed by atoms with E-state index in [0.29, 0.717) is 28.6 Å². The van der Waals surface area contributed by atoms with Crippen LogP contribution in [-0.2, 0) is 27.9 Å². The summed E-state index contributed by atoms with van der Waals surface area (Å²) in [6, 6.07) is 19.4. The third kappa shape index (κ3) is 6.09. The largest absolute Gasteiger partial charge is 0.380 e. The summed E-state index contributed by atoms with van der Waals surface area (Å²) in [5.74, 6) is -0.253. The number of nitrogens with one attached hydrogen (secondary N) is 1. The Bertz CT molecular complexity index is 1210. The third-order valence-electron chi connectivity index (χ3n) is 4.88. The Labute approximate surface area is 193 Å². The number of amides is 1. The third-order valence-corrected chi connectivity index (χ3v) is 6.24. The molecule has 0 radical (unpaired) electrons. The number of halogens is 1. The van der Waals surface area contributed by atoms with Crippen molar-refractivity contribution in [1.82, 2.24) is 0 Å². The maximum atomic E-state index is 12.6. The molecule has 0 fully saturated rings. The minimum absolute atomic E-state index is 0.126. The Morgan fingerprint density at radius 2 is 1.75 bits per heavy atom. The van der Waals surface area contributed by atoms with Crippen LogP contribution in [0, 0.1) is 6.92 Å². The molecule has 0 aliphatic heterocycles. The molecule has 3 aromatic carbocycles. The van der Waals surface area contributed by atoms with Crippen molar-refractivity contribution in [2.24, 2.45) is 0 Å². The van der Waals surface area contributed by atoms with Gasteiger partial charge in [-0.1, -0.05) is 41.9 Å². The van der Waals surface area contributed by atoms with E-state index in [4.69, 9.17) is 16.3 Å². The molecule has 0 unspecified atom stereocenters. The topological polar surface area (TPSA) is 75.7 Å². The van der Waals surface area contributed by atoms with Crippen LogP contribution in [0.1, 0.15) is 27.0 Å². The normalized spacial score (nSPS) is 11.2. The molecule has 1 amide bonds. The van der Waals surface area contributed by atoms with Crippen LogP contribution in [0.2, 0.25) is 5.02 Å². The van der Waals surface area contributed by atoms with E-state index in [-0.39, 0.29) is 12.5 Å². The molecule has 6 nitrogen and oxygen atoms in total. The first-order chi connectivity index (χ1) is 15.2. The van der Waals surface area contributed by atoms with Gasteiger partial charge in [0, 0.05) is 23.4 Å². The van der Waals surface area contributed by atoms with Gasteiger partial charge in [0.15, 0.2) is 0 Å². The van der Waals surface area contributed by atoms with Crippen LogP contribution < -0.4 is 9.62 Å². The molecular formula is C24H25ClN2O4S. The maximum absolute atomic E-state index is 12.6. The standard InChI is InChI=1S/C24H25ClN2O4S/c1-17-7-12-21(25)14-23(17)27(32(3,29)30)15-18-8-10-20(11-9-18)24(28)26-22-6-4-5-19(13-22)16-31-2/h4-14H,15-16H2,1-3H3,(H,26,28). The fraction of sp³-hybridized carbons (Fsp3) is 0.208. The highest BCUT2D eigenvalue weighted by molar-refractivity contribution is 7.92. The predicted octanol–water partition coefficient (Wildman–Crippen LogP) is 5.01. The van der Waals surface area contributed by atoms with Crippen molar-refractivity contribution in [1.29, 1.82) is 0 Å². The van der Waals surface area contributed by atoms with Gasteiger partial charge in [-0.2, -0.15) is 0 Å². The van der Waals surface area contributed by atoms with Crippen molar-refractivity contribution in [3.05, 3.63) is 94.0 Å². The molecule has 0 spiro atoms. The lowest BCUT2D eigenvalue weighted by Crippen LogP contribution is -2.30. The average Bonchev–Trinajstić information content (AvgIpc) is 2.74. The van der Waals surface area contributed by atoms with Crippen LogP contribution in [-0.4, -0.2) is 27.7 Å². The number of anilines is 2. The number of carbonyl (C=O) groups excluding carboxylic acids is 1. The lowest BCUT2D eigenvalue weighted by molar-refractivity contribution is 0.102. The molecule has 3 aromatic rings. The molecule has 8 heteroatoms. The zero-order valence-electron chi connectivity index (χ0n) is 18.1. The number of nitrogens with zero attached hydrogens (tertiary/aromatic N) is 1. The average molecular weight is 473 g/mol. The highest BCUT2D eigenvalue weighted by atomic mass is 35.5. The first-order valence-corrected chi connectivity index (χ1v) is 12.1. The summed E-state index contributed by atoms with van der Waals surface area (Å²) in [5.41, 5.74) is 4.17. The zero-order chi connectivity index (χ0) is 23.3. The van der Waals surface area contributed by atoms with Crippen molar-refractivity contribution in [2.45, 2.75) is 20.1 Å². The van der Waals surface area contributed by atoms with Crippen LogP contribution in [0.25, 0.3) is 0 Å². The minimum Gasteiger partial charge on any atom is -0.380 e. The fourth-order valence-corrected chi connectivity index (χ4v) is 4.37. The fourth-order valence-electron chi connectivity index (χ4n) is 3.27. The SMILES string of the molecule is COCc1cccc(NC(=O)c2ccc(CN(c3cc(Cl)ccc3C)S(C)(=O)=O)cc2)c1. The highest BCUT2D eigenvalue weighted by Gasteiger charge is 2.20. The number of methoxy groups -OCH3 is 1. The van der Waals surface area contributed by atoms with E-state index in [1.165, 1.54) is 4.31 Å².